The van der Waals surface area contributed by atoms with Gasteiger partial charge in [0.15, 0.2) is 11.5 Å². The number of fused-ring (bicyclic) bond motifs is 1. The number of aromatic carboxylic acids is 1. The monoisotopic (exact) mass is 513 g/mol. The molecule has 0 atom stereocenters. The maximum atomic E-state index is 14.9. The van der Waals surface area contributed by atoms with Gasteiger partial charge in [-0.15, -0.1) is 0 Å². The van der Waals surface area contributed by atoms with Crippen LogP contribution in [-0.4, -0.2) is 27.8 Å². The standard InChI is InChI=1S/C29H21F2N3O4/c1-2-16-9-11-20(12-10-16)34-26-22(14-19(30)15-23(26)31)25(28(34)36)33-32-24-8-4-7-21(27(24)35)17-5-3-6-18(13-17)29(37)38/h3-15,32,35H,2H2,1H3,(H,37,38). The maximum Gasteiger partial charge on any atom is 0.335 e. The molecule has 1 heterocycles. The predicted molar refractivity (Wildman–Crippen MR) is 140 cm³/mol. The van der Waals surface area contributed by atoms with E-state index in [1.807, 2.05) is 19.1 Å². The van der Waals surface area contributed by atoms with Gasteiger partial charge in [0.2, 0.25) is 0 Å². The second-order valence-corrected chi connectivity index (χ2v) is 8.60. The Kier molecular flexibility index (Phi) is 6.34. The van der Waals surface area contributed by atoms with E-state index in [0.717, 1.165) is 23.0 Å². The van der Waals surface area contributed by atoms with Crippen LogP contribution in [0, 0.1) is 11.6 Å². The highest BCUT2D eigenvalue weighted by Crippen LogP contribution is 2.40. The molecular formula is C29H21F2N3O4. The first-order valence-corrected chi connectivity index (χ1v) is 11.7. The fourth-order valence-corrected chi connectivity index (χ4v) is 4.33. The third-order valence-corrected chi connectivity index (χ3v) is 6.26. The molecule has 0 fully saturated rings. The quantitative estimate of drug-likeness (QED) is 0.214. The zero-order chi connectivity index (χ0) is 27.0. The molecule has 1 aliphatic heterocycles. The van der Waals surface area contributed by atoms with Gasteiger partial charge in [0.1, 0.15) is 11.6 Å². The van der Waals surface area contributed by atoms with Crippen LogP contribution in [0.15, 0.2) is 84.0 Å². The number of anilines is 3. The number of rotatable bonds is 6. The molecule has 0 radical (unpaired) electrons. The van der Waals surface area contributed by atoms with E-state index in [1.54, 1.807) is 36.4 Å². The smallest absolute Gasteiger partial charge is 0.335 e. The van der Waals surface area contributed by atoms with Crippen molar-refractivity contribution in [1.29, 1.82) is 0 Å². The lowest BCUT2D eigenvalue weighted by Gasteiger charge is -2.18. The van der Waals surface area contributed by atoms with Gasteiger partial charge >= 0.3 is 5.97 Å². The molecule has 3 N–H and O–H groups in total. The van der Waals surface area contributed by atoms with E-state index in [1.165, 1.54) is 18.2 Å². The molecule has 0 aromatic heterocycles. The van der Waals surface area contributed by atoms with E-state index >= 15 is 0 Å². The fraction of sp³-hybridized carbons (Fsp3) is 0.0690. The zero-order valence-corrected chi connectivity index (χ0v) is 20.1. The summed E-state index contributed by atoms with van der Waals surface area (Å²) < 4.78 is 29.1. The van der Waals surface area contributed by atoms with Gasteiger partial charge in [-0.3, -0.25) is 15.1 Å². The minimum Gasteiger partial charge on any atom is -0.505 e. The minimum absolute atomic E-state index is 0.0376. The molecule has 190 valence electrons. The van der Waals surface area contributed by atoms with Gasteiger partial charge in [-0.2, -0.15) is 5.10 Å². The number of aryl methyl sites for hydroxylation is 1. The first kappa shape index (κ1) is 24.6. The molecule has 0 saturated carbocycles. The summed E-state index contributed by atoms with van der Waals surface area (Å²) in [4.78, 5) is 25.9. The predicted octanol–water partition coefficient (Wildman–Crippen LogP) is 6.09. The highest BCUT2D eigenvalue weighted by molar-refractivity contribution is 6.55. The van der Waals surface area contributed by atoms with Crippen molar-refractivity contribution in [2.24, 2.45) is 5.10 Å². The maximum absolute atomic E-state index is 14.9. The SMILES string of the molecule is CCc1ccc(N2C(=O)C(=NNc3cccc(-c4cccc(C(=O)O)c4)c3O)c3cc(F)cc(F)c32)cc1. The second-order valence-electron chi connectivity index (χ2n) is 8.60. The number of para-hydroxylation sites is 1. The summed E-state index contributed by atoms with van der Waals surface area (Å²) in [5.74, 6) is -3.82. The number of hydrazone groups is 1. The Bertz CT molecular complexity index is 1620. The zero-order valence-electron chi connectivity index (χ0n) is 20.1. The average molecular weight is 514 g/mol. The van der Waals surface area contributed by atoms with Crippen molar-refractivity contribution < 1.29 is 28.6 Å². The molecular weight excluding hydrogens is 492 g/mol. The summed E-state index contributed by atoms with van der Waals surface area (Å²) in [6.07, 6.45) is 0.782. The molecule has 0 unspecified atom stereocenters. The summed E-state index contributed by atoms with van der Waals surface area (Å²) in [6.45, 7) is 1.98. The largest absolute Gasteiger partial charge is 0.505 e. The van der Waals surface area contributed by atoms with E-state index in [9.17, 15) is 28.6 Å². The number of nitrogens with zero attached hydrogens (tertiary/aromatic N) is 2. The molecule has 7 nitrogen and oxygen atoms in total. The van der Waals surface area contributed by atoms with Crippen molar-refractivity contribution in [2.45, 2.75) is 13.3 Å². The third kappa shape index (κ3) is 4.34. The topological polar surface area (TPSA) is 102 Å². The Balaban J connectivity index is 1.54. The van der Waals surface area contributed by atoms with Crippen molar-refractivity contribution in [3.63, 3.8) is 0 Å². The van der Waals surface area contributed by atoms with Crippen LogP contribution in [0.4, 0.5) is 25.8 Å². The normalized spacial score (nSPS) is 13.6. The Morgan fingerprint density at radius 3 is 2.42 bits per heavy atom. The molecule has 4 aromatic rings. The summed E-state index contributed by atoms with van der Waals surface area (Å²) in [5, 5.41) is 24.3. The lowest BCUT2D eigenvalue weighted by molar-refractivity contribution is -0.111. The molecule has 0 saturated heterocycles. The van der Waals surface area contributed by atoms with Crippen molar-refractivity contribution in [3.8, 4) is 16.9 Å². The van der Waals surface area contributed by atoms with Gasteiger partial charge in [-0.25, -0.2) is 13.6 Å². The Hall–Kier alpha value is -5.05. The van der Waals surface area contributed by atoms with Crippen LogP contribution in [0.2, 0.25) is 0 Å². The Morgan fingerprint density at radius 2 is 1.71 bits per heavy atom. The van der Waals surface area contributed by atoms with Crippen molar-refractivity contribution in [1.82, 2.24) is 0 Å². The van der Waals surface area contributed by atoms with Crippen LogP contribution < -0.4 is 10.3 Å². The molecule has 0 aliphatic carbocycles. The van der Waals surface area contributed by atoms with Gasteiger partial charge in [0.05, 0.1) is 16.9 Å². The van der Waals surface area contributed by atoms with E-state index in [2.05, 4.69) is 10.5 Å². The van der Waals surface area contributed by atoms with Gasteiger partial charge < -0.3 is 10.2 Å². The fourth-order valence-electron chi connectivity index (χ4n) is 4.33. The molecule has 0 spiro atoms. The van der Waals surface area contributed by atoms with Crippen LogP contribution in [-0.2, 0) is 11.2 Å². The number of benzene rings is 4. The van der Waals surface area contributed by atoms with E-state index in [0.29, 0.717) is 22.9 Å². The molecule has 1 aliphatic rings. The number of phenols is 1. The van der Waals surface area contributed by atoms with Crippen molar-refractivity contribution in [3.05, 3.63) is 107 Å². The van der Waals surface area contributed by atoms with Crippen molar-refractivity contribution in [2.75, 3.05) is 10.3 Å². The number of carbonyl (C=O) groups is 2. The molecule has 4 aromatic carbocycles. The lowest BCUT2D eigenvalue weighted by Crippen LogP contribution is -2.26. The first-order chi connectivity index (χ1) is 18.3. The Labute approximate surface area is 216 Å². The Morgan fingerprint density at radius 1 is 0.974 bits per heavy atom. The van der Waals surface area contributed by atoms with E-state index < -0.39 is 23.5 Å². The van der Waals surface area contributed by atoms with Crippen molar-refractivity contribution >= 4 is 34.7 Å². The number of hydrogen-bond acceptors (Lipinski definition) is 5. The number of halogens is 2. The molecule has 1 amide bonds. The molecule has 0 bridgehead atoms. The molecule has 9 heteroatoms. The van der Waals surface area contributed by atoms with E-state index in [-0.39, 0.29) is 34.0 Å². The lowest BCUT2D eigenvalue weighted by atomic mass is 10.0. The van der Waals surface area contributed by atoms with Crippen LogP contribution in [0.5, 0.6) is 5.75 Å². The number of phenolic OH excluding ortho intramolecular Hbond substituents is 1. The summed E-state index contributed by atoms with van der Waals surface area (Å²) in [5.41, 5.74) is 4.58. The number of nitrogens with one attached hydrogen (secondary N) is 1. The number of carboxylic acid groups (broad SMARTS) is 1. The summed E-state index contributed by atoms with van der Waals surface area (Å²) in [7, 11) is 0. The second kappa shape index (κ2) is 9.78. The number of hydrogen-bond donors (Lipinski definition) is 3. The van der Waals surface area contributed by atoms with Gasteiger partial charge in [-0.05, 0) is 53.9 Å². The minimum atomic E-state index is -1.11. The van der Waals surface area contributed by atoms with E-state index in [4.69, 9.17) is 0 Å². The van der Waals surface area contributed by atoms with Gasteiger partial charge in [-0.1, -0.05) is 43.3 Å². The van der Waals surface area contributed by atoms with Crippen LogP contribution in [0.3, 0.4) is 0 Å². The summed E-state index contributed by atoms with van der Waals surface area (Å²) >= 11 is 0. The molecule has 38 heavy (non-hydrogen) atoms. The highest BCUT2D eigenvalue weighted by Gasteiger charge is 2.38. The summed E-state index contributed by atoms with van der Waals surface area (Å²) in [6, 6.07) is 19.5. The number of carboxylic acids is 1. The first-order valence-electron chi connectivity index (χ1n) is 11.7. The number of carbonyl (C=O) groups excluding carboxylic acids is 1. The van der Waals surface area contributed by atoms with Crippen LogP contribution in [0.1, 0.15) is 28.4 Å². The van der Waals surface area contributed by atoms with Gasteiger partial charge in [0, 0.05) is 22.9 Å². The van der Waals surface area contributed by atoms with Gasteiger partial charge in [0.25, 0.3) is 5.91 Å². The average Bonchev–Trinajstić information content (AvgIpc) is 3.19. The van der Waals surface area contributed by atoms with Crippen LogP contribution >= 0.6 is 0 Å². The molecule has 5 rings (SSSR count). The highest BCUT2D eigenvalue weighted by atomic mass is 19.1. The number of aromatic hydroxyl groups is 1. The van der Waals surface area contributed by atoms with Crippen LogP contribution in [0.25, 0.3) is 11.1 Å². The third-order valence-electron chi connectivity index (χ3n) is 6.26. The number of amides is 1.